The van der Waals surface area contributed by atoms with Crippen LogP contribution in [0.2, 0.25) is 0 Å². The summed E-state index contributed by atoms with van der Waals surface area (Å²) in [6.07, 6.45) is 6.89. The van der Waals surface area contributed by atoms with E-state index in [9.17, 15) is 4.79 Å². The van der Waals surface area contributed by atoms with Gasteiger partial charge in [-0.15, -0.1) is 0 Å². The summed E-state index contributed by atoms with van der Waals surface area (Å²) in [6, 6.07) is 0. The Morgan fingerprint density at radius 1 is 1.21 bits per heavy atom. The third-order valence-electron chi connectivity index (χ3n) is 1.70. The summed E-state index contributed by atoms with van der Waals surface area (Å²) in [6.45, 7) is 5.80. The molecule has 0 N–H and O–H groups in total. The van der Waals surface area contributed by atoms with Gasteiger partial charge in [0.05, 0.1) is 6.61 Å². The number of carbonyl (C=O) groups is 1. The van der Waals surface area contributed by atoms with Gasteiger partial charge in [0.15, 0.2) is 0 Å². The van der Waals surface area contributed by atoms with Gasteiger partial charge in [-0.25, -0.2) is 0 Å². The van der Waals surface area contributed by atoms with Crippen LogP contribution in [0.15, 0.2) is 0 Å². The minimum absolute atomic E-state index is 0.173. The summed E-state index contributed by atoms with van der Waals surface area (Å²) in [5, 5.41) is 0. The van der Waals surface area contributed by atoms with Crippen molar-refractivity contribution in [3.05, 3.63) is 6.92 Å². The van der Waals surface area contributed by atoms with Gasteiger partial charge in [-0.05, 0) is 6.42 Å². The summed E-state index contributed by atoms with van der Waals surface area (Å²) >= 11 is 3.62. The van der Waals surface area contributed by atoms with E-state index in [0.717, 1.165) is 19.3 Å². The normalized spacial score (nSPS) is 8.93. The van der Waals surface area contributed by atoms with Crippen LogP contribution in [0.3, 0.4) is 0 Å². The van der Waals surface area contributed by atoms with Crippen molar-refractivity contribution in [2.24, 2.45) is 0 Å². The van der Waals surface area contributed by atoms with Crippen LogP contribution in [0.25, 0.3) is 0 Å². The molecule has 0 unspecified atom stereocenters. The number of hydrogen-bond acceptors (Lipinski definition) is 2. The molecule has 0 spiro atoms. The van der Waals surface area contributed by atoms with E-state index in [4.69, 9.17) is 4.74 Å². The van der Waals surface area contributed by atoms with E-state index in [2.05, 4.69) is 26.7 Å². The van der Waals surface area contributed by atoms with Crippen molar-refractivity contribution < 1.29 is 24.3 Å². The first-order chi connectivity index (χ1) is 6.77. The molecule has 0 aliphatic carbocycles. The molecule has 14 heavy (non-hydrogen) atoms. The maximum atomic E-state index is 10.3. The zero-order valence-electron chi connectivity index (χ0n) is 9.06. The van der Waals surface area contributed by atoms with Gasteiger partial charge in [-0.1, -0.05) is 25.7 Å². The van der Waals surface area contributed by atoms with E-state index in [1.165, 1.54) is 41.0 Å². The Hall–Kier alpha value is 0.823. The molecule has 0 aliphatic heterocycles. The SMILES string of the molecule is [CH2-]CCCCCCCOC(C)=O.[Zn+][I]. The minimum atomic E-state index is -0.173. The maximum absolute atomic E-state index is 10.3. The average Bonchev–Trinajstić information content (AvgIpc) is 2.19. The molecule has 0 aromatic carbocycles. The Labute approximate surface area is 108 Å². The van der Waals surface area contributed by atoms with Crippen molar-refractivity contribution in [2.75, 3.05) is 6.61 Å². The third-order valence-corrected chi connectivity index (χ3v) is 1.70. The molecule has 4 heteroatoms. The molecule has 0 atom stereocenters. The standard InChI is InChI=1S/C10H19O2.HI.Zn/c1-3-4-5-6-7-8-9-12-10(2)11;;/h1,3-9H2,2H3;1H;/q-1;;+2/p-1. The monoisotopic (exact) mass is 362 g/mol. The Bertz CT molecular complexity index is 121. The molecule has 0 rings (SSSR count). The van der Waals surface area contributed by atoms with Crippen molar-refractivity contribution in [2.45, 2.75) is 45.4 Å². The van der Waals surface area contributed by atoms with Crippen molar-refractivity contribution in [1.29, 1.82) is 0 Å². The fourth-order valence-electron chi connectivity index (χ4n) is 1.03. The second-order valence-corrected chi connectivity index (χ2v) is 2.96. The molecule has 0 saturated heterocycles. The number of carbonyl (C=O) groups excluding carboxylic acids is 1. The van der Waals surface area contributed by atoms with Gasteiger partial charge in [0.25, 0.3) is 0 Å². The van der Waals surface area contributed by atoms with Crippen LogP contribution in [0, 0.1) is 6.92 Å². The molecule has 0 bridgehead atoms. The van der Waals surface area contributed by atoms with E-state index in [1.807, 2.05) is 0 Å². The molecule has 0 aromatic rings. The zero-order chi connectivity index (χ0) is 11.2. The van der Waals surface area contributed by atoms with E-state index in [-0.39, 0.29) is 5.97 Å². The molecule has 0 aromatic heterocycles. The number of unbranched alkanes of at least 4 members (excludes halogenated alkanes) is 5. The van der Waals surface area contributed by atoms with E-state index in [1.54, 1.807) is 0 Å². The van der Waals surface area contributed by atoms with Gasteiger partial charge in [-0.2, -0.15) is 6.42 Å². The van der Waals surface area contributed by atoms with Crippen molar-refractivity contribution >= 4 is 25.7 Å². The Kier molecular flexibility index (Phi) is 20.0. The summed E-state index contributed by atoms with van der Waals surface area (Å²) in [7, 11) is 0. The number of rotatable bonds is 7. The number of halogens is 1. The molecule has 0 amide bonds. The Balaban J connectivity index is 0. The molecule has 0 fully saturated rings. The van der Waals surface area contributed by atoms with E-state index >= 15 is 0 Å². The van der Waals surface area contributed by atoms with Gasteiger partial charge in [0, 0.05) is 6.92 Å². The third kappa shape index (κ3) is 18.6. The summed E-state index contributed by atoms with van der Waals surface area (Å²) in [5.74, 6) is -0.173. The van der Waals surface area contributed by atoms with Crippen LogP contribution in [0.1, 0.15) is 45.4 Å². The topological polar surface area (TPSA) is 26.3 Å². The van der Waals surface area contributed by atoms with Crippen LogP contribution >= 0.6 is 19.8 Å². The first-order valence-electron chi connectivity index (χ1n) is 4.96. The molecular formula is C10H19IO2Zn. The average molecular weight is 364 g/mol. The van der Waals surface area contributed by atoms with E-state index in [0.29, 0.717) is 6.61 Å². The number of ether oxygens (including phenoxy) is 1. The van der Waals surface area contributed by atoms with Crippen molar-refractivity contribution in [3.63, 3.8) is 0 Å². The molecule has 2 nitrogen and oxygen atoms in total. The van der Waals surface area contributed by atoms with Crippen LogP contribution in [-0.2, 0) is 24.3 Å². The molecule has 0 heterocycles. The number of esters is 1. The molecule has 0 radical (unpaired) electrons. The molecule has 0 saturated carbocycles. The van der Waals surface area contributed by atoms with Crippen molar-refractivity contribution in [3.8, 4) is 0 Å². The number of hydrogen-bond donors (Lipinski definition) is 0. The van der Waals surface area contributed by atoms with Gasteiger partial charge in [0.2, 0.25) is 0 Å². The predicted octanol–water partition coefficient (Wildman–Crippen LogP) is 3.61. The summed E-state index contributed by atoms with van der Waals surface area (Å²) in [4.78, 5) is 10.3. The molecular weight excluding hydrogens is 344 g/mol. The zero-order valence-corrected chi connectivity index (χ0v) is 14.2. The summed E-state index contributed by atoms with van der Waals surface area (Å²) < 4.78 is 4.80. The first kappa shape index (κ1) is 17.2. The second kappa shape index (κ2) is 16.3. The van der Waals surface area contributed by atoms with Gasteiger partial charge < -0.3 is 11.7 Å². The summed E-state index contributed by atoms with van der Waals surface area (Å²) in [5.41, 5.74) is 0. The first-order valence-corrected chi connectivity index (χ1v) is 14.0. The fraction of sp³-hybridized carbons (Fsp3) is 0.800. The quantitative estimate of drug-likeness (QED) is 0.227. The fourth-order valence-corrected chi connectivity index (χ4v) is 1.03. The molecule has 0 aliphatic rings. The Morgan fingerprint density at radius 2 is 1.71 bits per heavy atom. The van der Waals surface area contributed by atoms with Crippen LogP contribution in [0.5, 0.6) is 0 Å². The Morgan fingerprint density at radius 3 is 2.21 bits per heavy atom. The predicted molar refractivity (Wildman–Crippen MR) is 63.7 cm³/mol. The van der Waals surface area contributed by atoms with Gasteiger partial charge >= 0.3 is 40.5 Å². The van der Waals surface area contributed by atoms with Gasteiger partial charge in [0.1, 0.15) is 0 Å². The van der Waals surface area contributed by atoms with Gasteiger partial charge in [-0.3, -0.25) is 4.79 Å². The second-order valence-electron chi connectivity index (χ2n) is 2.96. The van der Waals surface area contributed by atoms with Crippen molar-refractivity contribution in [1.82, 2.24) is 0 Å². The van der Waals surface area contributed by atoms with E-state index < -0.39 is 0 Å². The van der Waals surface area contributed by atoms with Crippen LogP contribution in [0.4, 0.5) is 0 Å². The van der Waals surface area contributed by atoms with Crippen LogP contribution in [-0.4, -0.2) is 12.6 Å². The van der Waals surface area contributed by atoms with Crippen LogP contribution < -0.4 is 0 Å². The molecule has 80 valence electrons.